The first-order valence-corrected chi connectivity index (χ1v) is 10.5. The molecule has 2 heterocycles. The fourth-order valence-corrected chi connectivity index (χ4v) is 2.22. The zero-order valence-corrected chi connectivity index (χ0v) is 16.7. The number of aromatic amines is 3. The lowest BCUT2D eigenvalue weighted by atomic mass is 10.4. The number of nitrogens with zero attached hydrogens (tertiary/aromatic N) is 1. The molecule has 2 rings (SSSR count). The Morgan fingerprint density at radius 2 is 2.00 bits per heavy atom. The van der Waals surface area contributed by atoms with Gasteiger partial charge in [-0.25, -0.2) is 14.3 Å². The second-order valence-corrected chi connectivity index (χ2v) is 7.21. The van der Waals surface area contributed by atoms with Crippen LogP contribution in [0.15, 0.2) is 15.9 Å². The van der Waals surface area contributed by atoms with Crippen LogP contribution in [0.1, 0.15) is 0 Å². The zero-order valence-electron chi connectivity index (χ0n) is 15.0. The van der Waals surface area contributed by atoms with Gasteiger partial charge in [-0.3, -0.25) is 24.1 Å². The molecule has 2 aromatic heterocycles. The van der Waals surface area contributed by atoms with Crippen LogP contribution in [0.2, 0.25) is 0 Å². The third-order valence-electron chi connectivity index (χ3n) is 2.63. The highest BCUT2D eigenvalue weighted by Crippen LogP contribution is 2.35. The lowest BCUT2D eigenvalue weighted by molar-refractivity contribution is -0.137. The predicted molar refractivity (Wildman–Crippen MR) is 102 cm³/mol. The second-order valence-electron chi connectivity index (χ2n) is 5.06. The van der Waals surface area contributed by atoms with E-state index in [4.69, 9.17) is 30.8 Å². The molecule has 0 spiro atoms. The number of fused-ring (bicyclic) bond motifs is 1. The Bertz CT molecular complexity index is 908. The summed E-state index contributed by atoms with van der Waals surface area (Å²) in [4.78, 5) is 58.3. The van der Waals surface area contributed by atoms with Crippen LogP contribution in [0, 0.1) is 0 Å². The van der Waals surface area contributed by atoms with E-state index >= 15 is 0 Å². The third-order valence-corrected chi connectivity index (χ3v) is 3.81. The van der Waals surface area contributed by atoms with Crippen LogP contribution in [-0.4, -0.2) is 88.4 Å². The van der Waals surface area contributed by atoms with Gasteiger partial charge in [-0.15, -0.1) is 0 Å². The van der Waals surface area contributed by atoms with E-state index in [1.54, 1.807) is 0 Å². The number of H-pyrrole nitrogens is 3. The minimum absolute atomic E-state index is 0.277. The molecule has 0 aliphatic rings. The minimum atomic E-state index is -4.50. The van der Waals surface area contributed by atoms with Crippen LogP contribution in [0.25, 0.3) is 11.2 Å². The number of aromatic nitrogens is 4. The number of rotatable bonds is 7. The number of hydrogen-bond acceptors (Lipinski definition) is 10. The Morgan fingerprint density at radius 3 is 2.45 bits per heavy atom. The normalized spacial score (nSPS) is 12.9. The molecule has 15 nitrogen and oxygen atoms in total. The van der Waals surface area contributed by atoms with Crippen molar-refractivity contribution in [1.82, 2.24) is 19.9 Å². The van der Waals surface area contributed by atoms with Crippen LogP contribution in [0.5, 0.6) is 0 Å². The number of imidazole rings is 1. The number of phosphoric acid groups is 1. The number of carbonyl (C=O) groups is 1. The summed E-state index contributed by atoms with van der Waals surface area (Å²) in [5, 5.41) is 24.8. The molecule has 0 radical (unpaired) electrons. The number of phosphoric ester groups is 1. The average Bonchev–Trinajstić information content (AvgIpc) is 3.09. The van der Waals surface area contributed by atoms with Crippen molar-refractivity contribution in [3.05, 3.63) is 27.2 Å². The smallest absolute Gasteiger partial charge is 0.469 e. The largest absolute Gasteiger partial charge is 0.480 e. The maximum absolute atomic E-state index is 10.9. The Hall–Kier alpha value is -2.04. The van der Waals surface area contributed by atoms with E-state index in [1.165, 1.54) is 18.1 Å². The molecule has 2 aromatic rings. The Morgan fingerprint density at radius 1 is 1.38 bits per heavy atom. The number of thioether (sulfide) groups is 1. The van der Waals surface area contributed by atoms with E-state index < -0.39 is 50.4 Å². The summed E-state index contributed by atoms with van der Waals surface area (Å²) in [6.07, 6.45) is 1.92. The molecule has 0 fully saturated rings. The number of carboxylic acid groups (broad SMARTS) is 1. The summed E-state index contributed by atoms with van der Waals surface area (Å²) in [6.45, 7) is -1.15. The van der Waals surface area contributed by atoms with Gasteiger partial charge in [0.25, 0.3) is 5.56 Å². The lowest BCUT2D eigenvalue weighted by Gasteiger charge is -2.07. The summed E-state index contributed by atoms with van der Waals surface area (Å²) in [5.74, 6) is -0.450. The number of nitrogens with two attached hydrogens (primary N) is 1. The molecule has 29 heavy (non-hydrogen) atoms. The van der Waals surface area contributed by atoms with Crippen molar-refractivity contribution in [2.75, 3.05) is 25.2 Å². The molecule has 0 bridgehead atoms. The first kappa shape index (κ1) is 27.0. The van der Waals surface area contributed by atoms with Gasteiger partial charge >= 0.3 is 19.5 Å². The van der Waals surface area contributed by atoms with E-state index in [-0.39, 0.29) is 11.2 Å². The molecule has 0 saturated heterocycles. The zero-order chi connectivity index (χ0) is 22.6. The third kappa shape index (κ3) is 12.2. The molecule has 0 amide bonds. The van der Waals surface area contributed by atoms with Crippen LogP contribution in [0.3, 0.4) is 0 Å². The fourth-order valence-electron chi connectivity index (χ4n) is 1.35. The molecule has 10 N–H and O–H groups in total. The Labute approximate surface area is 166 Å². The number of hydrogen-bond donors (Lipinski definition) is 9. The molecule has 0 saturated carbocycles. The molecule has 2 atom stereocenters. The minimum Gasteiger partial charge on any atom is -0.480 e. The number of aliphatic carboxylic acids is 1. The topological polar surface area (TPSA) is 265 Å². The first-order chi connectivity index (χ1) is 13.4. The van der Waals surface area contributed by atoms with Gasteiger partial charge in [-0.2, -0.15) is 11.8 Å². The second kappa shape index (κ2) is 13.2. The van der Waals surface area contributed by atoms with E-state index in [9.17, 15) is 18.9 Å². The number of aliphatic hydroxyl groups excluding tert-OH is 2. The molecule has 0 aliphatic heterocycles. The number of aliphatic hydroxyl groups is 2. The van der Waals surface area contributed by atoms with Gasteiger partial charge in [-0.05, 0) is 6.26 Å². The molecule has 17 heteroatoms. The van der Waals surface area contributed by atoms with Crippen molar-refractivity contribution in [1.29, 1.82) is 0 Å². The van der Waals surface area contributed by atoms with Gasteiger partial charge < -0.3 is 35.8 Å². The van der Waals surface area contributed by atoms with Crippen LogP contribution in [-0.2, 0) is 13.9 Å². The standard InChI is InChI=1S/C5H4N4O2.C4H9NO2S.C3H9O6P/c10-4-2-3(7-1-6-2)8-5(11)9-4;1-8-2-3(5)4(6)7;4-1-3(5)2-9-10(6,7)8/h1H,(H3,6,7,8,9,10,11);3H,2,5H2,1H3,(H,6,7);3-5H,1-2H2,(H2,6,7,8). The van der Waals surface area contributed by atoms with Gasteiger partial charge in [-0.1, -0.05) is 0 Å². The van der Waals surface area contributed by atoms with Crippen molar-refractivity contribution >= 4 is 36.7 Å². The molecule has 0 aliphatic carbocycles. The monoisotopic (exact) mass is 459 g/mol. The molecular formula is C12H22N5O10PS. The van der Waals surface area contributed by atoms with Crippen LogP contribution >= 0.6 is 19.6 Å². The first-order valence-electron chi connectivity index (χ1n) is 7.53. The Balaban J connectivity index is 0.000000413. The van der Waals surface area contributed by atoms with E-state index in [1.807, 2.05) is 6.26 Å². The van der Waals surface area contributed by atoms with Crippen LogP contribution in [0.4, 0.5) is 0 Å². The summed E-state index contributed by atoms with van der Waals surface area (Å²) in [7, 11) is -4.50. The highest BCUT2D eigenvalue weighted by atomic mass is 32.2. The maximum atomic E-state index is 10.9. The van der Waals surface area contributed by atoms with Crippen molar-refractivity contribution in [2.24, 2.45) is 5.73 Å². The summed E-state index contributed by atoms with van der Waals surface area (Å²) < 4.78 is 13.8. The van der Waals surface area contributed by atoms with Crippen molar-refractivity contribution in [2.45, 2.75) is 12.1 Å². The molecule has 0 aromatic carbocycles. The fraction of sp³-hybridized carbons (Fsp3) is 0.500. The van der Waals surface area contributed by atoms with Gasteiger partial charge in [0.05, 0.1) is 19.5 Å². The van der Waals surface area contributed by atoms with Gasteiger partial charge in [0.2, 0.25) is 0 Å². The quantitative estimate of drug-likeness (QED) is 0.189. The van der Waals surface area contributed by atoms with Gasteiger partial charge in [0, 0.05) is 5.75 Å². The summed E-state index contributed by atoms with van der Waals surface area (Å²) in [5.41, 5.74) is 4.66. The number of carboxylic acids is 1. The number of nitrogens with one attached hydrogen (secondary N) is 3. The predicted octanol–water partition coefficient (Wildman–Crippen LogP) is -2.85. The SMILES string of the molecule is CSCC(N)C(=O)O.O=P(O)(O)OCC(O)CO.O=c1[nH]c(=O)c2[nH]cnc2[nH]1. The molecule has 2 unspecified atom stereocenters. The van der Waals surface area contributed by atoms with Crippen LogP contribution < -0.4 is 17.0 Å². The average molecular weight is 459 g/mol. The summed E-state index contributed by atoms with van der Waals surface area (Å²) >= 11 is 1.43. The Kier molecular flexibility index (Phi) is 12.3. The highest BCUT2D eigenvalue weighted by molar-refractivity contribution is 7.98. The highest BCUT2D eigenvalue weighted by Gasteiger charge is 2.15. The van der Waals surface area contributed by atoms with Crippen molar-refractivity contribution in [3.8, 4) is 0 Å². The van der Waals surface area contributed by atoms with Crippen molar-refractivity contribution in [3.63, 3.8) is 0 Å². The maximum Gasteiger partial charge on any atom is 0.469 e. The molecule has 166 valence electrons. The summed E-state index contributed by atoms with van der Waals surface area (Å²) in [6, 6.07) is -0.704. The van der Waals surface area contributed by atoms with E-state index in [0.717, 1.165) is 0 Å². The molecular weight excluding hydrogens is 437 g/mol. The van der Waals surface area contributed by atoms with E-state index in [2.05, 4.69) is 24.5 Å². The van der Waals surface area contributed by atoms with E-state index in [0.29, 0.717) is 5.75 Å². The van der Waals surface area contributed by atoms with Gasteiger partial charge in [0.15, 0.2) is 5.65 Å². The lowest BCUT2D eigenvalue weighted by Crippen LogP contribution is -2.32. The van der Waals surface area contributed by atoms with Crippen molar-refractivity contribution < 1.29 is 39.0 Å². The van der Waals surface area contributed by atoms with Gasteiger partial charge in [0.1, 0.15) is 17.7 Å².